The van der Waals surface area contributed by atoms with Crippen LogP contribution in [0.1, 0.15) is 52.8 Å². The van der Waals surface area contributed by atoms with E-state index in [2.05, 4.69) is 5.32 Å². The molecule has 0 saturated carbocycles. The number of amides is 3. The lowest BCUT2D eigenvalue weighted by atomic mass is 10.0. The number of thiocarbonyl (C=S) groups is 1. The molecule has 29 heavy (non-hydrogen) atoms. The lowest BCUT2D eigenvalue weighted by Gasteiger charge is -2.15. The van der Waals surface area contributed by atoms with Crippen LogP contribution in [0.15, 0.2) is 41.0 Å². The number of hydrogen-bond acceptors (Lipinski definition) is 5. The predicted octanol–water partition coefficient (Wildman–Crippen LogP) is 3.56. The van der Waals surface area contributed by atoms with Crippen LogP contribution in [-0.2, 0) is 4.79 Å². The Labute approximate surface area is 179 Å². The molecule has 3 N–H and O–H groups in total. The van der Waals surface area contributed by atoms with Crippen molar-refractivity contribution >= 4 is 52.1 Å². The molecule has 2 aliphatic rings. The number of nitrogens with zero attached hydrogens (tertiary/aromatic N) is 1. The van der Waals surface area contributed by atoms with E-state index < -0.39 is 11.8 Å². The molecule has 0 fully saturated rings. The van der Waals surface area contributed by atoms with Gasteiger partial charge in [0.25, 0.3) is 17.7 Å². The van der Waals surface area contributed by atoms with Gasteiger partial charge in [0.1, 0.15) is 0 Å². The number of nitrogens with one attached hydrogen (secondary N) is 1. The third-order valence-electron chi connectivity index (χ3n) is 4.89. The van der Waals surface area contributed by atoms with E-state index in [1.807, 2.05) is 0 Å². The van der Waals surface area contributed by atoms with Crippen LogP contribution in [0.25, 0.3) is 0 Å². The second-order valence-electron chi connectivity index (χ2n) is 6.92. The van der Waals surface area contributed by atoms with Crippen molar-refractivity contribution in [1.82, 2.24) is 4.90 Å². The van der Waals surface area contributed by atoms with Gasteiger partial charge in [0.05, 0.1) is 22.4 Å². The van der Waals surface area contributed by atoms with E-state index in [9.17, 15) is 14.4 Å². The first-order chi connectivity index (χ1) is 13.9. The molecule has 3 rings (SSSR count). The Morgan fingerprint density at radius 2 is 1.93 bits per heavy atom. The molecule has 0 saturated heterocycles. The SMILES string of the molecule is NCCCCCCN1C(=O)c2cccc(NC(=O)C3=CC(Cl)=CCC3=S)c2C1=O. The van der Waals surface area contributed by atoms with Crippen molar-refractivity contribution in [2.45, 2.75) is 32.1 Å². The van der Waals surface area contributed by atoms with Crippen molar-refractivity contribution in [3.63, 3.8) is 0 Å². The summed E-state index contributed by atoms with van der Waals surface area (Å²) in [5, 5.41) is 3.16. The summed E-state index contributed by atoms with van der Waals surface area (Å²) in [6.45, 7) is 0.983. The van der Waals surface area contributed by atoms with Gasteiger partial charge in [0.2, 0.25) is 0 Å². The van der Waals surface area contributed by atoms with Crippen molar-refractivity contribution < 1.29 is 14.4 Å². The monoisotopic (exact) mass is 431 g/mol. The Kier molecular flexibility index (Phi) is 6.95. The fourth-order valence-corrected chi connectivity index (χ4v) is 3.79. The molecule has 1 aromatic carbocycles. The van der Waals surface area contributed by atoms with Crippen LogP contribution < -0.4 is 11.1 Å². The summed E-state index contributed by atoms with van der Waals surface area (Å²) < 4.78 is 0. The number of unbranched alkanes of at least 4 members (excludes halogenated alkanes) is 3. The average molecular weight is 432 g/mol. The summed E-state index contributed by atoms with van der Waals surface area (Å²) in [4.78, 5) is 40.0. The number of imide groups is 1. The van der Waals surface area contributed by atoms with E-state index >= 15 is 0 Å². The highest BCUT2D eigenvalue weighted by Gasteiger charge is 2.37. The highest BCUT2D eigenvalue weighted by atomic mass is 35.5. The lowest BCUT2D eigenvalue weighted by Crippen LogP contribution is -2.31. The van der Waals surface area contributed by atoms with Crippen molar-refractivity contribution in [3.8, 4) is 0 Å². The minimum Gasteiger partial charge on any atom is -0.330 e. The third kappa shape index (κ3) is 4.63. The zero-order chi connectivity index (χ0) is 21.0. The van der Waals surface area contributed by atoms with E-state index in [-0.39, 0.29) is 11.5 Å². The van der Waals surface area contributed by atoms with Crippen LogP contribution in [0, 0.1) is 0 Å². The number of allylic oxidation sites excluding steroid dienone is 3. The number of carbonyl (C=O) groups excluding carboxylic acids is 3. The van der Waals surface area contributed by atoms with Crippen molar-refractivity contribution in [2.24, 2.45) is 5.73 Å². The molecule has 0 atom stereocenters. The number of hydrogen-bond donors (Lipinski definition) is 2. The Morgan fingerprint density at radius 1 is 1.17 bits per heavy atom. The molecule has 152 valence electrons. The lowest BCUT2D eigenvalue weighted by molar-refractivity contribution is -0.112. The molecule has 0 unspecified atom stereocenters. The molecule has 0 bridgehead atoms. The normalized spacial score (nSPS) is 15.9. The molecule has 1 heterocycles. The first-order valence-electron chi connectivity index (χ1n) is 9.55. The largest absolute Gasteiger partial charge is 0.330 e. The van der Waals surface area contributed by atoms with Crippen LogP contribution in [0.5, 0.6) is 0 Å². The number of anilines is 1. The molecular formula is C21H22ClN3O3S. The minimum atomic E-state index is -0.449. The second-order valence-corrected chi connectivity index (χ2v) is 7.85. The summed E-state index contributed by atoms with van der Waals surface area (Å²) in [5.41, 5.74) is 6.59. The smallest absolute Gasteiger partial charge is 0.263 e. The number of carbonyl (C=O) groups is 3. The standard InChI is InChI=1S/C21H22ClN3O3S/c22-13-8-9-17(29)15(12-13)19(26)24-16-7-5-6-14-18(16)21(28)25(20(14)27)11-4-2-1-3-10-23/h5-8,12H,1-4,9-11,23H2,(H,24,26). The molecule has 6 nitrogen and oxygen atoms in total. The minimum absolute atomic E-state index is 0.219. The highest BCUT2D eigenvalue weighted by molar-refractivity contribution is 7.81. The summed E-state index contributed by atoms with van der Waals surface area (Å²) in [6, 6.07) is 4.85. The Morgan fingerprint density at radius 3 is 2.69 bits per heavy atom. The topological polar surface area (TPSA) is 92.5 Å². The van der Waals surface area contributed by atoms with Crippen molar-refractivity contribution in [3.05, 3.63) is 52.1 Å². The number of rotatable bonds is 8. The van der Waals surface area contributed by atoms with Gasteiger partial charge in [-0.1, -0.05) is 48.8 Å². The molecule has 0 spiro atoms. The van der Waals surface area contributed by atoms with Crippen LogP contribution >= 0.6 is 23.8 Å². The molecular weight excluding hydrogens is 410 g/mol. The fraction of sp³-hybridized carbons (Fsp3) is 0.333. The van der Waals surface area contributed by atoms with E-state index in [1.54, 1.807) is 24.3 Å². The van der Waals surface area contributed by atoms with Crippen LogP contribution in [-0.4, -0.2) is 40.6 Å². The van der Waals surface area contributed by atoms with Crippen molar-refractivity contribution in [2.75, 3.05) is 18.4 Å². The van der Waals surface area contributed by atoms with E-state index in [4.69, 9.17) is 29.6 Å². The van der Waals surface area contributed by atoms with Crippen LogP contribution in [0.4, 0.5) is 5.69 Å². The van der Waals surface area contributed by atoms with Crippen molar-refractivity contribution in [1.29, 1.82) is 0 Å². The van der Waals surface area contributed by atoms with Gasteiger partial charge in [-0.15, -0.1) is 0 Å². The van der Waals surface area contributed by atoms with Crippen LogP contribution in [0.2, 0.25) is 0 Å². The van der Waals surface area contributed by atoms with Gasteiger partial charge in [-0.2, -0.15) is 0 Å². The van der Waals surface area contributed by atoms with Gasteiger partial charge in [0, 0.05) is 22.9 Å². The maximum atomic E-state index is 12.9. The molecule has 1 aliphatic heterocycles. The Hall–Kier alpha value is -2.35. The fourth-order valence-electron chi connectivity index (χ4n) is 3.37. The van der Waals surface area contributed by atoms with Gasteiger partial charge in [-0.3, -0.25) is 19.3 Å². The molecule has 8 heteroatoms. The molecule has 3 amide bonds. The first kappa shape index (κ1) is 21.4. The second kappa shape index (κ2) is 9.43. The zero-order valence-corrected chi connectivity index (χ0v) is 17.4. The maximum Gasteiger partial charge on any atom is 0.263 e. The van der Waals surface area contributed by atoms with Gasteiger partial charge >= 0.3 is 0 Å². The number of halogens is 1. The quantitative estimate of drug-likeness (QED) is 0.373. The number of fused-ring (bicyclic) bond motifs is 1. The first-order valence-corrected chi connectivity index (χ1v) is 10.3. The third-order valence-corrected chi connectivity index (χ3v) is 5.54. The summed E-state index contributed by atoms with van der Waals surface area (Å²) in [7, 11) is 0. The zero-order valence-electron chi connectivity index (χ0n) is 15.9. The number of benzene rings is 1. The maximum absolute atomic E-state index is 12.9. The summed E-state index contributed by atoms with van der Waals surface area (Å²) >= 11 is 11.2. The van der Waals surface area contributed by atoms with Gasteiger partial charge < -0.3 is 11.1 Å². The molecule has 1 aromatic rings. The number of nitrogens with two attached hydrogens (primary N) is 1. The average Bonchev–Trinajstić information content (AvgIpc) is 2.95. The predicted molar refractivity (Wildman–Crippen MR) is 117 cm³/mol. The molecule has 0 radical (unpaired) electrons. The van der Waals surface area contributed by atoms with Gasteiger partial charge in [-0.05, 0) is 37.6 Å². The molecule has 0 aromatic heterocycles. The van der Waals surface area contributed by atoms with E-state index in [0.717, 1.165) is 25.7 Å². The van der Waals surface area contributed by atoms with Crippen LogP contribution in [0.3, 0.4) is 0 Å². The molecule has 1 aliphatic carbocycles. The van der Waals surface area contributed by atoms with E-state index in [0.29, 0.717) is 46.2 Å². The highest BCUT2D eigenvalue weighted by Crippen LogP contribution is 2.30. The summed E-state index contributed by atoms with van der Waals surface area (Å²) in [5.74, 6) is -1.17. The van der Waals surface area contributed by atoms with Gasteiger partial charge in [-0.25, -0.2) is 0 Å². The Bertz CT molecular complexity index is 939. The van der Waals surface area contributed by atoms with E-state index in [1.165, 1.54) is 11.0 Å². The summed E-state index contributed by atoms with van der Waals surface area (Å²) in [6.07, 6.45) is 7.16. The van der Waals surface area contributed by atoms with Gasteiger partial charge in [0.15, 0.2) is 0 Å². The Balaban J connectivity index is 1.76.